The van der Waals surface area contributed by atoms with Gasteiger partial charge in [-0.05, 0) is 56.7 Å². The van der Waals surface area contributed by atoms with Crippen LogP contribution < -0.4 is 4.72 Å². The van der Waals surface area contributed by atoms with E-state index in [0.717, 1.165) is 32.4 Å². The highest BCUT2D eigenvalue weighted by atomic mass is 79.9. The first-order valence-corrected chi connectivity index (χ1v) is 12.4. The topological polar surface area (TPSA) is 97.8 Å². The summed E-state index contributed by atoms with van der Waals surface area (Å²) in [5.74, 6) is 0. The summed E-state index contributed by atoms with van der Waals surface area (Å²) in [6, 6.07) is 20.8. The van der Waals surface area contributed by atoms with Gasteiger partial charge in [0.2, 0.25) is 0 Å². The van der Waals surface area contributed by atoms with Crippen LogP contribution in [-0.2, 0) is 17.8 Å². The lowest BCUT2D eigenvalue weighted by Gasteiger charge is -2.29. The molecular formula is C25H23BrN4O2S. The number of aromatic nitrogens is 2. The van der Waals surface area contributed by atoms with Gasteiger partial charge in [-0.1, -0.05) is 51.4 Å². The summed E-state index contributed by atoms with van der Waals surface area (Å²) in [5, 5.41) is 14.5. The van der Waals surface area contributed by atoms with E-state index >= 15 is 0 Å². The maximum absolute atomic E-state index is 13.1. The molecule has 0 saturated heterocycles. The highest BCUT2D eigenvalue weighted by Crippen LogP contribution is 2.35. The molecule has 0 fully saturated rings. The third-order valence-corrected chi connectivity index (χ3v) is 7.27. The lowest BCUT2D eigenvalue weighted by molar-refractivity contribution is 0.459. The molecule has 2 aromatic carbocycles. The van der Waals surface area contributed by atoms with Crippen molar-refractivity contribution in [2.75, 3.05) is 0 Å². The first-order valence-electron chi connectivity index (χ1n) is 10.4. The molecule has 0 aliphatic heterocycles. The van der Waals surface area contributed by atoms with Crippen molar-refractivity contribution in [2.45, 2.75) is 38.0 Å². The number of nitrogens with one attached hydrogen (secondary N) is 1. The average molecular weight is 523 g/mol. The van der Waals surface area contributed by atoms with E-state index in [0.29, 0.717) is 17.7 Å². The van der Waals surface area contributed by atoms with Crippen molar-refractivity contribution in [3.63, 3.8) is 0 Å². The third kappa shape index (κ3) is 5.28. The van der Waals surface area contributed by atoms with Crippen LogP contribution in [0, 0.1) is 11.3 Å². The molecule has 2 unspecified atom stereocenters. The summed E-state index contributed by atoms with van der Waals surface area (Å²) >= 11 is 2.14. The van der Waals surface area contributed by atoms with Crippen LogP contribution in [0.15, 0.2) is 69.7 Å². The molecule has 0 saturated carbocycles. The van der Waals surface area contributed by atoms with Gasteiger partial charge >= 0.3 is 0 Å². The maximum Gasteiger partial charge on any atom is 0.168 e. The summed E-state index contributed by atoms with van der Waals surface area (Å²) in [7, 11) is 0. The Morgan fingerprint density at radius 2 is 1.94 bits per heavy atom. The van der Waals surface area contributed by atoms with Gasteiger partial charge < -0.3 is 9.08 Å². The van der Waals surface area contributed by atoms with Gasteiger partial charge in [0.1, 0.15) is 22.2 Å². The number of nitriles is 1. The second-order valence-corrected chi connectivity index (χ2v) is 11.6. The van der Waals surface area contributed by atoms with Gasteiger partial charge in [-0.15, -0.1) is 4.72 Å². The molecule has 6 nitrogen and oxygen atoms in total. The third-order valence-electron chi connectivity index (χ3n) is 5.17. The molecule has 2 atom stereocenters. The normalized spacial score (nSPS) is 13.6. The highest BCUT2D eigenvalue weighted by Gasteiger charge is 2.31. The SMILES string of the molecule is CC(C)(C)[S+]([O-])NC(Cc1cccc(C#N)n1)c1ccccc1-c1noc2cc(Br)ccc12. The number of hydrogen-bond donors (Lipinski definition) is 1. The van der Waals surface area contributed by atoms with E-state index in [1.54, 1.807) is 6.07 Å². The number of pyridine rings is 1. The molecule has 33 heavy (non-hydrogen) atoms. The van der Waals surface area contributed by atoms with Gasteiger partial charge in [-0.25, -0.2) is 4.98 Å². The van der Waals surface area contributed by atoms with Gasteiger partial charge in [0.25, 0.3) is 0 Å². The summed E-state index contributed by atoms with van der Waals surface area (Å²) in [6.07, 6.45) is 0.454. The van der Waals surface area contributed by atoms with Crippen molar-refractivity contribution < 1.29 is 9.08 Å². The lowest BCUT2D eigenvalue weighted by Crippen LogP contribution is -2.42. The summed E-state index contributed by atoms with van der Waals surface area (Å²) in [4.78, 5) is 4.44. The Hall–Kier alpha value is -2.70. The van der Waals surface area contributed by atoms with Crippen molar-refractivity contribution in [3.8, 4) is 17.3 Å². The number of rotatable bonds is 6. The van der Waals surface area contributed by atoms with E-state index in [-0.39, 0.29) is 6.04 Å². The molecule has 0 aliphatic carbocycles. The van der Waals surface area contributed by atoms with Gasteiger partial charge in [-0.3, -0.25) is 0 Å². The van der Waals surface area contributed by atoms with Crippen LogP contribution in [0.2, 0.25) is 0 Å². The average Bonchev–Trinajstić information content (AvgIpc) is 3.21. The van der Waals surface area contributed by atoms with E-state index < -0.39 is 16.1 Å². The number of benzene rings is 2. The molecule has 0 spiro atoms. The lowest BCUT2D eigenvalue weighted by atomic mass is 9.94. The van der Waals surface area contributed by atoms with Crippen molar-refractivity contribution in [2.24, 2.45) is 0 Å². The number of fused-ring (bicyclic) bond motifs is 1. The molecule has 0 aliphatic rings. The molecule has 0 radical (unpaired) electrons. The minimum absolute atomic E-state index is 0.329. The Kier molecular flexibility index (Phi) is 6.86. The van der Waals surface area contributed by atoms with Crippen molar-refractivity contribution in [3.05, 3.63) is 82.1 Å². The Morgan fingerprint density at radius 3 is 2.70 bits per heavy atom. The first kappa shape index (κ1) is 23.5. The Bertz CT molecular complexity index is 1330. The standard InChI is InChI=1S/C25H23BrN4O2S/c1-25(2,3)33(31)30-22(14-17-7-6-8-18(15-27)28-17)19-9-4-5-10-20(19)24-21-12-11-16(26)13-23(21)32-29-24/h4-13,22,30H,14H2,1-3H3. The summed E-state index contributed by atoms with van der Waals surface area (Å²) in [6.45, 7) is 5.78. The fraction of sp³-hybridized carbons (Fsp3) is 0.240. The molecule has 0 bridgehead atoms. The van der Waals surface area contributed by atoms with Gasteiger partial charge in [-0.2, -0.15) is 5.26 Å². The molecule has 168 valence electrons. The van der Waals surface area contributed by atoms with E-state index in [9.17, 15) is 9.81 Å². The van der Waals surface area contributed by atoms with Gasteiger partial charge in [0.15, 0.2) is 5.58 Å². The molecule has 2 aromatic heterocycles. The second-order valence-electron chi connectivity index (χ2n) is 8.64. The molecule has 4 aromatic rings. The molecule has 4 rings (SSSR count). The predicted octanol–water partition coefficient (Wildman–Crippen LogP) is 5.86. The molecule has 0 amide bonds. The van der Waals surface area contributed by atoms with Crippen LogP contribution in [0.5, 0.6) is 0 Å². The molecule has 8 heteroatoms. The summed E-state index contributed by atoms with van der Waals surface area (Å²) in [5.41, 5.74) is 4.31. The van der Waals surface area contributed by atoms with Crippen LogP contribution in [0.4, 0.5) is 0 Å². The van der Waals surface area contributed by atoms with E-state index in [1.807, 2.05) is 75.4 Å². The van der Waals surface area contributed by atoms with Crippen LogP contribution in [0.25, 0.3) is 22.2 Å². The fourth-order valence-corrected chi connectivity index (χ4v) is 4.67. The van der Waals surface area contributed by atoms with Crippen LogP contribution in [-0.4, -0.2) is 19.4 Å². The van der Waals surface area contributed by atoms with Gasteiger partial charge in [0.05, 0.1) is 6.04 Å². The number of hydrogen-bond acceptors (Lipinski definition) is 6. The van der Waals surface area contributed by atoms with Crippen LogP contribution in [0.3, 0.4) is 0 Å². The Labute approximate surface area is 204 Å². The van der Waals surface area contributed by atoms with Gasteiger partial charge in [0, 0.05) is 38.9 Å². The van der Waals surface area contributed by atoms with E-state index in [2.05, 4.69) is 36.9 Å². The summed E-state index contributed by atoms with van der Waals surface area (Å²) < 4.78 is 22.4. The Balaban J connectivity index is 1.80. The minimum Gasteiger partial charge on any atom is -0.598 e. The molecule has 2 heterocycles. The zero-order valence-electron chi connectivity index (χ0n) is 18.5. The number of halogens is 1. The largest absolute Gasteiger partial charge is 0.598 e. The van der Waals surface area contributed by atoms with Crippen LogP contribution >= 0.6 is 15.9 Å². The van der Waals surface area contributed by atoms with E-state index in [1.165, 1.54) is 0 Å². The van der Waals surface area contributed by atoms with E-state index in [4.69, 9.17) is 4.52 Å². The predicted molar refractivity (Wildman–Crippen MR) is 134 cm³/mol. The zero-order valence-corrected chi connectivity index (χ0v) is 20.9. The Morgan fingerprint density at radius 1 is 1.15 bits per heavy atom. The highest BCUT2D eigenvalue weighted by molar-refractivity contribution is 9.10. The number of nitrogens with zero attached hydrogens (tertiary/aromatic N) is 3. The fourth-order valence-electron chi connectivity index (χ4n) is 3.51. The monoisotopic (exact) mass is 522 g/mol. The van der Waals surface area contributed by atoms with Crippen LogP contribution in [0.1, 0.15) is 43.8 Å². The zero-order chi connectivity index (χ0) is 23.6. The minimum atomic E-state index is -1.33. The van der Waals surface area contributed by atoms with Crippen molar-refractivity contribution in [1.82, 2.24) is 14.9 Å². The quantitative estimate of drug-likeness (QED) is 0.318. The molecular weight excluding hydrogens is 500 g/mol. The first-order chi connectivity index (χ1) is 15.8. The molecule has 1 N–H and O–H groups in total. The smallest absolute Gasteiger partial charge is 0.168 e. The maximum atomic E-state index is 13.1. The van der Waals surface area contributed by atoms with Crippen molar-refractivity contribution in [1.29, 1.82) is 5.26 Å². The second kappa shape index (κ2) is 9.65. The van der Waals surface area contributed by atoms with Crippen molar-refractivity contribution >= 4 is 38.3 Å².